The molecule has 7 rings (SSSR count). The summed E-state index contributed by atoms with van der Waals surface area (Å²) < 4.78 is 42.1. The van der Waals surface area contributed by atoms with Crippen LogP contribution in [0.5, 0.6) is 46.0 Å². The number of aryl methyl sites for hydroxylation is 2. The molecule has 6 aromatic carbocycles. The summed E-state index contributed by atoms with van der Waals surface area (Å²) in [5.41, 5.74) is 2.10. The zero-order chi connectivity index (χ0) is 54.3. The highest BCUT2D eigenvalue weighted by molar-refractivity contribution is 6.00. The van der Waals surface area contributed by atoms with Gasteiger partial charge in [-0.25, -0.2) is 19.2 Å². The maximum absolute atomic E-state index is 12.6. The smallest absolute Gasteiger partial charge is 0.390 e. The van der Waals surface area contributed by atoms with Gasteiger partial charge in [0, 0.05) is 25.1 Å². The normalized spacial score (nSPS) is 12.9. The van der Waals surface area contributed by atoms with Gasteiger partial charge in [0.1, 0.15) is 46.0 Å². The zero-order valence-corrected chi connectivity index (χ0v) is 43.0. The summed E-state index contributed by atoms with van der Waals surface area (Å²) in [7, 11) is 0. The molecule has 1 fully saturated rings. The minimum Gasteiger partial charge on any atom is -0.494 e. The second-order valence-electron chi connectivity index (χ2n) is 17.0. The molecule has 1 saturated carbocycles. The molecule has 14 nitrogen and oxygen atoms in total. The van der Waals surface area contributed by atoms with Crippen molar-refractivity contribution in [1.29, 1.82) is 0 Å². The van der Waals surface area contributed by atoms with E-state index in [9.17, 15) is 28.8 Å². The standard InChI is InChI=1S/C28H36O6.C18H14O4.C16H10O4.H2/c1-3-5-19-31-23-11-15-25(16-12-23)33-27(29)21-7-9-22(10-8-21)28(30)34-26-17-13-24(14-18-26)32-20-6-4-2;1-13-3-7-15(8-4-13)21-17(19)11-12-18(20)22-16-9-5-14(2)6-10-16;17-15(19-13-7-3-1-4-8-13)11-12-16(18)20-14-9-5-2-6-10-14;/h11-18,21-22H,3-10,19-20H2,1-2H3;3-10H,1-2H3;1-10H;1H. The Kier molecular flexibility index (Phi) is 24.4. The molecule has 0 amide bonds. The van der Waals surface area contributed by atoms with Crippen molar-refractivity contribution in [1.82, 2.24) is 0 Å². The number of benzene rings is 6. The Hall–Kier alpha value is -9.14. The lowest BCUT2D eigenvalue weighted by Crippen LogP contribution is -2.30. The summed E-state index contributed by atoms with van der Waals surface area (Å²) in [6.07, 6.45) is 6.62. The summed E-state index contributed by atoms with van der Waals surface area (Å²) in [5.74, 6) is 8.18. The van der Waals surface area contributed by atoms with Crippen LogP contribution in [0.15, 0.2) is 158 Å². The minimum atomic E-state index is -0.818. The molecule has 6 aromatic rings. The van der Waals surface area contributed by atoms with Crippen molar-refractivity contribution < 1.29 is 68.1 Å². The van der Waals surface area contributed by atoms with Gasteiger partial charge >= 0.3 is 35.8 Å². The van der Waals surface area contributed by atoms with Crippen molar-refractivity contribution in [3.8, 4) is 69.7 Å². The highest BCUT2D eigenvalue weighted by Gasteiger charge is 2.32. The largest absolute Gasteiger partial charge is 0.494 e. The van der Waals surface area contributed by atoms with Crippen molar-refractivity contribution >= 4 is 35.8 Å². The van der Waals surface area contributed by atoms with Crippen molar-refractivity contribution in [2.75, 3.05) is 13.2 Å². The molecule has 0 spiro atoms. The fraction of sp³-hybridized carbons (Fsp3) is 0.258. The van der Waals surface area contributed by atoms with Gasteiger partial charge in [0.2, 0.25) is 0 Å². The van der Waals surface area contributed by atoms with E-state index in [0.717, 1.165) is 48.3 Å². The van der Waals surface area contributed by atoms with Crippen LogP contribution in [0.3, 0.4) is 0 Å². The average molecular weight is 1030 g/mol. The number of unbranched alkanes of at least 4 members (excludes halogenated alkanes) is 2. The summed E-state index contributed by atoms with van der Waals surface area (Å²) in [6, 6.07) is 45.0. The summed E-state index contributed by atoms with van der Waals surface area (Å²) in [6.45, 7) is 9.44. The Labute approximate surface area is 445 Å². The number of rotatable bonds is 16. The van der Waals surface area contributed by atoms with Gasteiger partial charge in [-0.05, 0) is 149 Å². The number of para-hydroxylation sites is 2. The van der Waals surface area contributed by atoms with Crippen molar-refractivity contribution in [3.63, 3.8) is 0 Å². The van der Waals surface area contributed by atoms with E-state index in [0.29, 0.717) is 73.4 Å². The quantitative estimate of drug-likeness (QED) is 0.0294. The molecule has 0 heterocycles. The second-order valence-corrected chi connectivity index (χ2v) is 17.0. The number of hydrogen-bond acceptors (Lipinski definition) is 14. The molecule has 0 aliphatic heterocycles. The van der Waals surface area contributed by atoms with Gasteiger partial charge in [-0.15, -0.1) is 0 Å². The summed E-state index contributed by atoms with van der Waals surface area (Å²) >= 11 is 0. The van der Waals surface area contributed by atoms with E-state index in [1.807, 2.05) is 62.4 Å². The Morgan fingerprint density at radius 2 is 0.618 bits per heavy atom. The van der Waals surface area contributed by atoms with Crippen LogP contribution < -0.4 is 37.9 Å². The lowest BCUT2D eigenvalue weighted by Gasteiger charge is -2.25. The third-order valence-corrected chi connectivity index (χ3v) is 10.9. The number of esters is 6. The molecule has 0 atom stereocenters. The zero-order valence-electron chi connectivity index (χ0n) is 43.0. The molecule has 1 aliphatic rings. The van der Waals surface area contributed by atoms with Crippen LogP contribution in [0.2, 0.25) is 0 Å². The van der Waals surface area contributed by atoms with Gasteiger partial charge in [0.05, 0.1) is 25.0 Å². The topological polar surface area (TPSA) is 176 Å². The lowest BCUT2D eigenvalue weighted by molar-refractivity contribution is -0.145. The van der Waals surface area contributed by atoms with Crippen molar-refractivity contribution in [2.45, 2.75) is 79.1 Å². The number of hydrogen-bond donors (Lipinski definition) is 0. The fourth-order valence-electron chi connectivity index (χ4n) is 6.76. The van der Waals surface area contributed by atoms with Crippen LogP contribution in [-0.2, 0) is 28.8 Å². The Morgan fingerprint density at radius 1 is 0.368 bits per heavy atom. The van der Waals surface area contributed by atoms with Gasteiger partial charge in [-0.3, -0.25) is 9.59 Å². The molecule has 14 heteroatoms. The molecular weight excluding hydrogens is 969 g/mol. The van der Waals surface area contributed by atoms with E-state index < -0.39 is 23.9 Å². The van der Waals surface area contributed by atoms with Crippen molar-refractivity contribution in [3.05, 3.63) is 169 Å². The van der Waals surface area contributed by atoms with Gasteiger partial charge in [0.25, 0.3) is 0 Å². The maximum Gasteiger partial charge on any atom is 0.390 e. The van der Waals surface area contributed by atoms with Gasteiger partial charge < -0.3 is 37.9 Å². The first-order chi connectivity index (χ1) is 36.8. The predicted molar refractivity (Wildman–Crippen MR) is 286 cm³/mol. The third-order valence-electron chi connectivity index (χ3n) is 10.9. The molecule has 394 valence electrons. The molecule has 0 N–H and O–H groups in total. The SMILES string of the molecule is CCCCOc1ccc(OC(=O)C2CCC(C(=O)Oc3ccc(OCCCC)cc3)CC2)cc1.Cc1ccc(OC(=O)C#CC(=O)Oc2ccc(C)cc2)cc1.O=C(C#CC(=O)Oc1ccccc1)Oc1ccccc1.[HH]. The maximum atomic E-state index is 12.6. The van der Waals surface area contributed by atoms with Crippen LogP contribution in [0, 0.1) is 49.4 Å². The number of carbonyl (C=O) groups excluding carboxylic acids is 6. The molecular formula is C62H62O14. The summed E-state index contributed by atoms with van der Waals surface area (Å²) in [5, 5.41) is 0. The van der Waals surface area contributed by atoms with E-state index in [1.165, 1.54) is 0 Å². The molecule has 76 heavy (non-hydrogen) atoms. The Bertz CT molecular complexity index is 2720. The van der Waals surface area contributed by atoms with Gasteiger partial charge in [0.15, 0.2) is 0 Å². The van der Waals surface area contributed by atoms with Crippen LogP contribution in [-0.4, -0.2) is 49.0 Å². The molecule has 1 aliphatic carbocycles. The summed E-state index contributed by atoms with van der Waals surface area (Å²) in [4.78, 5) is 70.9. The molecule has 0 bridgehead atoms. The first kappa shape index (κ1) is 57.8. The van der Waals surface area contributed by atoms with E-state index in [2.05, 4.69) is 37.5 Å². The number of ether oxygens (including phenoxy) is 8. The van der Waals surface area contributed by atoms with Crippen LogP contribution in [0.4, 0.5) is 0 Å². The Morgan fingerprint density at radius 3 is 0.908 bits per heavy atom. The highest BCUT2D eigenvalue weighted by Crippen LogP contribution is 2.32. The first-order valence-corrected chi connectivity index (χ1v) is 24.9. The predicted octanol–water partition coefficient (Wildman–Crippen LogP) is 11.6. The average Bonchev–Trinajstić information content (AvgIpc) is 3.43. The van der Waals surface area contributed by atoms with E-state index in [-0.39, 0.29) is 25.2 Å². The molecule has 0 saturated heterocycles. The molecule has 0 unspecified atom stereocenters. The van der Waals surface area contributed by atoms with E-state index in [4.69, 9.17) is 37.9 Å². The van der Waals surface area contributed by atoms with Gasteiger partial charge in [-0.2, -0.15) is 0 Å². The highest BCUT2D eigenvalue weighted by atomic mass is 16.6. The minimum absolute atomic E-state index is 0. The van der Waals surface area contributed by atoms with Crippen LogP contribution in [0.25, 0.3) is 0 Å². The monoisotopic (exact) mass is 1030 g/mol. The van der Waals surface area contributed by atoms with Crippen LogP contribution >= 0.6 is 0 Å². The van der Waals surface area contributed by atoms with E-state index in [1.54, 1.807) is 109 Å². The van der Waals surface area contributed by atoms with Crippen LogP contribution in [0.1, 0.15) is 77.8 Å². The molecule has 0 radical (unpaired) electrons. The molecule has 0 aromatic heterocycles. The van der Waals surface area contributed by atoms with E-state index >= 15 is 0 Å². The second kappa shape index (κ2) is 32.1. The van der Waals surface area contributed by atoms with Crippen molar-refractivity contribution in [2.24, 2.45) is 11.8 Å². The number of carbonyl (C=O) groups is 6. The Balaban J connectivity index is 0.000000260. The first-order valence-electron chi connectivity index (χ1n) is 24.9. The third kappa shape index (κ3) is 22.3. The van der Waals surface area contributed by atoms with Gasteiger partial charge in [-0.1, -0.05) is 98.5 Å². The fourth-order valence-corrected chi connectivity index (χ4v) is 6.76. The lowest BCUT2D eigenvalue weighted by atomic mass is 9.82.